The van der Waals surface area contributed by atoms with Crippen molar-refractivity contribution in [2.45, 2.75) is 32.6 Å². The molecule has 4 unspecified atom stereocenters. The lowest BCUT2D eigenvalue weighted by atomic mass is 9.75. The zero-order valence-corrected chi connectivity index (χ0v) is 12.6. The minimum absolute atomic E-state index is 0.141. The molecule has 2 nitrogen and oxygen atoms in total. The SMILES string of the molecule is CC1=C2C(CCC2C(C(=O)O)c2ccccc2)C(C)C=C1. The summed E-state index contributed by atoms with van der Waals surface area (Å²) in [6, 6.07) is 9.70. The Morgan fingerprint density at radius 1 is 1.24 bits per heavy atom. The Bertz CT molecular complexity index is 597. The van der Waals surface area contributed by atoms with Gasteiger partial charge in [-0.1, -0.05) is 60.6 Å². The number of hydrogen-bond donors (Lipinski definition) is 1. The molecule has 2 aliphatic rings. The van der Waals surface area contributed by atoms with Gasteiger partial charge in [0.2, 0.25) is 0 Å². The van der Waals surface area contributed by atoms with Gasteiger partial charge < -0.3 is 5.11 Å². The molecule has 110 valence electrons. The highest BCUT2D eigenvalue weighted by Gasteiger charge is 2.42. The first kappa shape index (κ1) is 14.1. The highest BCUT2D eigenvalue weighted by molar-refractivity contribution is 5.77. The maximum Gasteiger partial charge on any atom is 0.311 e. The number of rotatable bonds is 3. The summed E-state index contributed by atoms with van der Waals surface area (Å²) in [5.74, 6) is 0.0842. The topological polar surface area (TPSA) is 37.3 Å². The first-order valence-electron chi connectivity index (χ1n) is 7.76. The van der Waals surface area contributed by atoms with Crippen molar-refractivity contribution in [1.82, 2.24) is 0 Å². The molecule has 1 aromatic carbocycles. The summed E-state index contributed by atoms with van der Waals surface area (Å²) in [7, 11) is 0. The van der Waals surface area contributed by atoms with E-state index in [-0.39, 0.29) is 5.92 Å². The van der Waals surface area contributed by atoms with Crippen LogP contribution in [0.4, 0.5) is 0 Å². The van der Waals surface area contributed by atoms with Crippen LogP contribution in [0, 0.1) is 17.8 Å². The Labute approximate surface area is 126 Å². The number of carbonyl (C=O) groups is 1. The third kappa shape index (κ3) is 2.44. The smallest absolute Gasteiger partial charge is 0.311 e. The summed E-state index contributed by atoms with van der Waals surface area (Å²) in [4.78, 5) is 11.9. The molecule has 21 heavy (non-hydrogen) atoms. The lowest BCUT2D eigenvalue weighted by Gasteiger charge is -2.29. The van der Waals surface area contributed by atoms with Crippen molar-refractivity contribution in [2.24, 2.45) is 17.8 Å². The quantitative estimate of drug-likeness (QED) is 0.892. The van der Waals surface area contributed by atoms with Crippen LogP contribution in [0.15, 0.2) is 53.6 Å². The molecule has 1 N–H and O–H groups in total. The second kappa shape index (κ2) is 5.51. The summed E-state index contributed by atoms with van der Waals surface area (Å²) in [5, 5.41) is 9.79. The summed E-state index contributed by atoms with van der Waals surface area (Å²) in [6.07, 6.45) is 6.54. The standard InChI is InChI=1S/C19H22O2/c1-12-8-9-13(2)17-15(12)10-11-16(17)18(19(20)21)14-6-4-3-5-7-14/h3-9,12,15-16,18H,10-11H2,1-2H3,(H,20,21). The van der Waals surface area contributed by atoms with Crippen molar-refractivity contribution in [1.29, 1.82) is 0 Å². The molecule has 0 aromatic heterocycles. The van der Waals surface area contributed by atoms with Crippen LogP contribution in [0.5, 0.6) is 0 Å². The molecule has 0 spiro atoms. The predicted octanol–water partition coefficient (Wildman–Crippen LogP) is 4.40. The van der Waals surface area contributed by atoms with Gasteiger partial charge in [-0.15, -0.1) is 0 Å². The number of aliphatic carboxylic acids is 1. The summed E-state index contributed by atoms with van der Waals surface area (Å²) >= 11 is 0. The summed E-state index contributed by atoms with van der Waals surface area (Å²) in [5.41, 5.74) is 3.60. The van der Waals surface area contributed by atoms with Crippen LogP contribution in [-0.2, 0) is 4.79 Å². The maximum absolute atomic E-state index is 11.9. The van der Waals surface area contributed by atoms with Crippen molar-refractivity contribution in [3.63, 3.8) is 0 Å². The number of hydrogen-bond acceptors (Lipinski definition) is 1. The molecule has 0 radical (unpaired) electrons. The van der Waals surface area contributed by atoms with Gasteiger partial charge >= 0.3 is 5.97 Å². The van der Waals surface area contributed by atoms with E-state index in [9.17, 15) is 9.90 Å². The zero-order valence-electron chi connectivity index (χ0n) is 12.6. The third-order valence-corrected chi connectivity index (χ3v) is 5.15. The van der Waals surface area contributed by atoms with Gasteiger partial charge in [-0.25, -0.2) is 0 Å². The van der Waals surface area contributed by atoms with Gasteiger partial charge in [-0.05, 0) is 43.1 Å². The van der Waals surface area contributed by atoms with Crippen LogP contribution in [0.25, 0.3) is 0 Å². The molecule has 0 bridgehead atoms. The largest absolute Gasteiger partial charge is 0.481 e. The number of carboxylic acids is 1. The van der Waals surface area contributed by atoms with Gasteiger partial charge in [0.15, 0.2) is 0 Å². The molecule has 0 aliphatic heterocycles. The van der Waals surface area contributed by atoms with Crippen LogP contribution in [0.2, 0.25) is 0 Å². The highest BCUT2D eigenvalue weighted by atomic mass is 16.4. The van der Waals surface area contributed by atoms with Crippen molar-refractivity contribution < 1.29 is 9.90 Å². The first-order chi connectivity index (χ1) is 10.1. The van der Waals surface area contributed by atoms with Crippen LogP contribution < -0.4 is 0 Å². The minimum Gasteiger partial charge on any atom is -0.481 e. The average molecular weight is 282 g/mol. The maximum atomic E-state index is 11.9. The fourth-order valence-corrected chi connectivity index (χ4v) is 4.16. The number of benzene rings is 1. The zero-order chi connectivity index (χ0) is 15.0. The molecule has 1 aromatic rings. The lowest BCUT2D eigenvalue weighted by Crippen LogP contribution is -2.24. The van der Waals surface area contributed by atoms with Gasteiger partial charge in [-0.3, -0.25) is 4.79 Å². The minimum atomic E-state index is -0.700. The van der Waals surface area contributed by atoms with Crippen molar-refractivity contribution in [2.75, 3.05) is 0 Å². The third-order valence-electron chi connectivity index (χ3n) is 5.15. The van der Waals surface area contributed by atoms with Crippen LogP contribution >= 0.6 is 0 Å². The van der Waals surface area contributed by atoms with E-state index in [1.807, 2.05) is 30.3 Å². The summed E-state index contributed by atoms with van der Waals surface area (Å²) in [6.45, 7) is 4.38. The van der Waals surface area contributed by atoms with Crippen LogP contribution in [0.1, 0.15) is 38.2 Å². The monoisotopic (exact) mass is 282 g/mol. The van der Waals surface area contributed by atoms with E-state index in [1.165, 1.54) is 11.1 Å². The van der Waals surface area contributed by atoms with Gasteiger partial charge in [0.05, 0.1) is 5.92 Å². The summed E-state index contributed by atoms with van der Waals surface area (Å²) < 4.78 is 0. The molecule has 4 atom stereocenters. The predicted molar refractivity (Wildman–Crippen MR) is 84.0 cm³/mol. The van der Waals surface area contributed by atoms with Gasteiger partial charge in [0.1, 0.15) is 0 Å². The molecule has 0 amide bonds. The Hall–Kier alpha value is -1.83. The first-order valence-corrected chi connectivity index (χ1v) is 7.76. The van der Waals surface area contributed by atoms with Gasteiger partial charge in [-0.2, -0.15) is 0 Å². The van der Waals surface area contributed by atoms with E-state index in [0.29, 0.717) is 11.8 Å². The second-order valence-corrected chi connectivity index (χ2v) is 6.37. The van der Waals surface area contributed by atoms with E-state index >= 15 is 0 Å². The lowest BCUT2D eigenvalue weighted by molar-refractivity contribution is -0.139. The molecule has 2 aliphatic carbocycles. The molecule has 0 saturated heterocycles. The van der Waals surface area contributed by atoms with E-state index < -0.39 is 11.9 Å². The van der Waals surface area contributed by atoms with Crippen molar-refractivity contribution in [3.05, 3.63) is 59.2 Å². The second-order valence-electron chi connectivity index (χ2n) is 6.37. The van der Waals surface area contributed by atoms with Crippen LogP contribution in [0.3, 0.4) is 0 Å². The fourth-order valence-electron chi connectivity index (χ4n) is 4.16. The Morgan fingerprint density at radius 3 is 2.62 bits per heavy atom. The molecule has 0 heterocycles. The number of fused-ring (bicyclic) bond motifs is 1. The number of carboxylic acid groups (broad SMARTS) is 1. The van der Waals surface area contributed by atoms with Crippen molar-refractivity contribution >= 4 is 5.97 Å². The van der Waals surface area contributed by atoms with E-state index in [1.54, 1.807) is 0 Å². The van der Waals surface area contributed by atoms with E-state index in [4.69, 9.17) is 0 Å². The molecule has 1 saturated carbocycles. The van der Waals surface area contributed by atoms with Gasteiger partial charge in [0, 0.05) is 0 Å². The fraction of sp³-hybridized carbons (Fsp3) is 0.421. The Balaban J connectivity index is 2.02. The Morgan fingerprint density at radius 2 is 1.95 bits per heavy atom. The van der Waals surface area contributed by atoms with E-state index in [2.05, 4.69) is 26.0 Å². The highest BCUT2D eigenvalue weighted by Crippen LogP contribution is 2.50. The molecule has 1 fully saturated rings. The molecule has 3 rings (SSSR count). The van der Waals surface area contributed by atoms with Gasteiger partial charge in [0.25, 0.3) is 0 Å². The normalized spacial score (nSPS) is 29.3. The molecule has 2 heteroatoms. The van der Waals surface area contributed by atoms with Crippen molar-refractivity contribution in [3.8, 4) is 0 Å². The van der Waals surface area contributed by atoms with E-state index in [0.717, 1.165) is 18.4 Å². The number of allylic oxidation sites excluding steroid dienone is 4. The average Bonchev–Trinajstić information content (AvgIpc) is 2.90. The molecular formula is C19H22O2. The van der Waals surface area contributed by atoms with Crippen LogP contribution in [-0.4, -0.2) is 11.1 Å². The Kier molecular flexibility index (Phi) is 3.71. The molecular weight excluding hydrogens is 260 g/mol.